The van der Waals surface area contributed by atoms with E-state index in [2.05, 4.69) is 32.4 Å². The van der Waals surface area contributed by atoms with Crippen LogP contribution < -0.4 is 11.3 Å². The van der Waals surface area contributed by atoms with Gasteiger partial charge >= 0.3 is 39.1 Å². The Bertz CT molecular complexity index is 1530. The van der Waals surface area contributed by atoms with Crippen molar-refractivity contribution in [1.29, 1.82) is 0 Å². The molecule has 10 N–H and O–H groups in total. The van der Waals surface area contributed by atoms with Crippen LogP contribution in [0.1, 0.15) is 12.6 Å². The van der Waals surface area contributed by atoms with Gasteiger partial charge in [0.1, 0.15) is 18.4 Å². The molecule has 3 heterocycles. The quantitative estimate of drug-likeness (QED) is 0.122. The normalized spacial score (nSPS) is 25.3. The van der Waals surface area contributed by atoms with E-state index in [0.29, 0.717) is 0 Å². The van der Waals surface area contributed by atoms with Crippen LogP contribution in [0.3, 0.4) is 0 Å². The molecule has 222 valence electrons. The van der Waals surface area contributed by atoms with Gasteiger partial charge in [-0.25, -0.2) is 27.8 Å². The number of nitrogens with two attached hydrogens (primary N) is 1. The first-order valence-electron chi connectivity index (χ1n) is 9.49. The second-order valence-electron chi connectivity index (χ2n) is 7.21. The predicted octanol–water partition coefficient (Wildman–Crippen LogP) is -1.07. The minimum atomic E-state index is -5.89. The minimum absolute atomic E-state index is 0.174. The number of nitrogen functional groups attached to an aromatic ring is 1. The summed E-state index contributed by atoms with van der Waals surface area (Å²) in [4.78, 5) is 85.3. The number of anilines is 1. The molecule has 3 rings (SSSR count). The van der Waals surface area contributed by atoms with Crippen LogP contribution in [-0.4, -0.2) is 72.6 Å². The van der Waals surface area contributed by atoms with Crippen molar-refractivity contribution in [3.8, 4) is 0 Å². The maximum Gasteiger partial charge on any atom is 0.490 e. The summed E-state index contributed by atoms with van der Waals surface area (Å²) in [5.41, 5.74) is 4.33. The Morgan fingerprint density at radius 1 is 0.974 bits per heavy atom. The molecule has 0 aromatic carbocycles. The van der Waals surface area contributed by atoms with Gasteiger partial charge in [0.15, 0.2) is 11.2 Å². The van der Waals surface area contributed by atoms with E-state index < -0.39 is 76.1 Å². The second kappa shape index (κ2) is 11.2. The molecule has 1 aliphatic heterocycles. The van der Waals surface area contributed by atoms with Crippen LogP contribution in [0.15, 0.2) is 11.1 Å². The number of phosphoric acid groups is 5. The Morgan fingerprint density at radius 3 is 2.15 bits per heavy atom. The maximum absolute atomic E-state index is 12.1. The molecule has 1 fully saturated rings. The van der Waals surface area contributed by atoms with Gasteiger partial charge in [-0.2, -0.15) is 17.9 Å². The summed E-state index contributed by atoms with van der Waals surface area (Å²) in [6.07, 6.45) is -4.35. The standard InChI is InChI=1S/C10H18N5O19P5/c11-10-13-8-7(9(16)14-10)12-3-15(8)6-1-4(31-38(25,26)32-35(17,18)19)5(30-6)2-29-37(23,24)34-39(27,28)33-36(20,21)22/h3-6H,1-2H2,(H,23,24)(H,25,26)(H,27,28)(H2,17,18,19)(H2,20,21,22)(H3,11,13,14,16). The van der Waals surface area contributed by atoms with Gasteiger partial charge in [-0.3, -0.25) is 23.4 Å². The molecular weight excluding hydrogens is 649 g/mol. The first-order chi connectivity index (χ1) is 17.5. The molecule has 0 saturated carbocycles. The lowest BCUT2D eigenvalue weighted by Crippen LogP contribution is -2.28. The molecule has 0 aliphatic carbocycles. The third-order valence-corrected chi connectivity index (χ3v) is 10.3. The topological polar surface area (TPSA) is 372 Å². The summed E-state index contributed by atoms with van der Waals surface area (Å²) in [6.45, 7) is -1.20. The number of aromatic amines is 1. The molecule has 39 heavy (non-hydrogen) atoms. The van der Waals surface area contributed by atoms with Gasteiger partial charge in [0.05, 0.1) is 12.9 Å². The molecule has 6 unspecified atom stereocenters. The second-order valence-corrected chi connectivity index (χ2v) is 14.4. The van der Waals surface area contributed by atoms with Gasteiger partial charge in [0.25, 0.3) is 5.56 Å². The summed E-state index contributed by atoms with van der Waals surface area (Å²) in [7, 11) is -28.4. The van der Waals surface area contributed by atoms with Crippen molar-refractivity contribution < 1.29 is 83.8 Å². The molecule has 0 amide bonds. The van der Waals surface area contributed by atoms with E-state index >= 15 is 0 Å². The van der Waals surface area contributed by atoms with E-state index in [1.54, 1.807) is 0 Å². The third-order valence-electron chi connectivity index (χ3n) is 4.24. The van der Waals surface area contributed by atoms with Crippen LogP contribution in [0, 0.1) is 0 Å². The highest BCUT2D eigenvalue weighted by atomic mass is 31.3. The number of H-pyrrole nitrogens is 1. The SMILES string of the molecule is Nc1nc2c(ncn2C2CC(OP(=O)(O)OP(=O)(O)O)C(COP(=O)(O)OP(=O)(O)OP(=O)(O)O)O2)c(=O)[nH]1. The molecule has 0 bridgehead atoms. The molecule has 0 radical (unpaired) electrons. The van der Waals surface area contributed by atoms with Gasteiger partial charge in [0.2, 0.25) is 5.95 Å². The van der Waals surface area contributed by atoms with Crippen molar-refractivity contribution in [2.45, 2.75) is 24.9 Å². The fourth-order valence-corrected chi connectivity index (χ4v) is 7.90. The molecule has 2 aromatic heterocycles. The summed E-state index contributed by atoms with van der Waals surface area (Å²) >= 11 is 0. The fraction of sp³-hybridized carbons (Fsp3) is 0.500. The summed E-state index contributed by atoms with van der Waals surface area (Å²) in [5.74, 6) is -0.348. The van der Waals surface area contributed by atoms with Crippen molar-refractivity contribution >= 4 is 56.2 Å². The lowest BCUT2D eigenvalue weighted by molar-refractivity contribution is -0.0415. The van der Waals surface area contributed by atoms with Crippen LogP contribution in [-0.2, 0) is 49.5 Å². The first kappa shape index (κ1) is 32.3. The number of ether oxygens (including phenoxy) is 1. The lowest BCUT2D eigenvalue weighted by Gasteiger charge is -2.22. The Morgan fingerprint density at radius 2 is 1.56 bits per heavy atom. The number of imidazole rings is 1. The van der Waals surface area contributed by atoms with Crippen molar-refractivity contribution in [2.75, 3.05) is 12.3 Å². The summed E-state index contributed by atoms with van der Waals surface area (Å²) in [5, 5.41) is 0. The van der Waals surface area contributed by atoms with Crippen LogP contribution in [0.5, 0.6) is 0 Å². The Labute approximate surface area is 214 Å². The van der Waals surface area contributed by atoms with E-state index in [1.165, 1.54) is 0 Å². The number of phosphoric ester groups is 2. The zero-order chi connectivity index (χ0) is 29.6. The molecule has 6 atom stereocenters. The van der Waals surface area contributed by atoms with Gasteiger partial charge in [-0.15, -0.1) is 0 Å². The number of hydrogen-bond donors (Lipinski definition) is 9. The lowest BCUT2D eigenvalue weighted by atomic mass is 10.2. The highest BCUT2D eigenvalue weighted by Gasteiger charge is 2.46. The fourth-order valence-electron chi connectivity index (χ4n) is 3.08. The molecule has 2 aromatic rings. The first-order valence-corrected chi connectivity index (χ1v) is 17.0. The van der Waals surface area contributed by atoms with Gasteiger partial charge in [-0.05, 0) is 0 Å². The predicted molar refractivity (Wildman–Crippen MR) is 119 cm³/mol. The number of hydrogen-bond acceptors (Lipinski definition) is 15. The monoisotopic (exact) mass is 667 g/mol. The third kappa shape index (κ3) is 9.40. The molecule has 29 heteroatoms. The van der Waals surface area contributed by atoms with Crippen LogP contribution in [0.25, 0.3) is 11.2 Å². The highest BCUT2D eigenvalue weighted by molar-refractivity contribution is 7.66. The average Bonchev–Trinajstić information content (AvgIpc) is 3.25. The molecule has 0 spiro atoms. The molecular formula is C10H18N5O19P5. The van der Waals surface area contributed by atoms with Crippen molar-refractivity contribution in [3.05, 3.63) is 16.7 Å². The summed E-state index contributed by atoms with van der Waals surface area (Å²) in [6, 6.07) is 0. The number of nitrogens with zero attached hydrogens (tertiary/aromatic N) is 3. The van der Waals surface area contributed by atoms with E-state index in [-0.39, 0.29) is 17.1 Å². The van der Waals surface area contributed by atoms with Crippen LogP contribution in [0.2, 0.25) is 0 Å². The highest BCUT2D eigenvalue weighted by Crippen LogP contribution is 2.66. The van der Waals surface area contributed by atoms with Crippen molar-refractivity contribution in [3.63, 3.8) is 0 Å². The Balaban J connectivity index is 1.85. The molecule has 1 aliphatic rings. The Hall–Kier alpha value is -1.22. The van der Waals surface area contributed by atoms with E-state index in [0.717, 1.165) is 10.9 Å². The van der Waals surface area contributed by atoms with E-state index in [1.807, 2.05) is 0 Å². The number of rotatable bonds is 12. The number of nitrogens with one attached hydrogen (secondary N) is 1. The van der Waals surface area contributed by atoms with Crippen molar-refractivity contribution in [1.82, 2.24) is 19.5 Å². The average molecular weight is 667 g/mol. The van der Waals surface area contributed by atoms with Crippen molar-refractivity contribution in [2.24, 2.45) is 0 Å². The van der Waals surface area contributed by atoms with E-state index in [4.69, 9.17) is 34.6 Å². The zero-order valence-electron chi connectivity index (χ0n) is 18.4. The smallest absolute Gasteiger partial charge is 0.369 e. The van der Waals surface area contributed by atoms with Gasteiger partial charge in [0, 0.05) is 6.42 Å². The van der Waals surface area contributed by atoms with Crippen LogP contribution in [0.4, 0.5) is 5.95 Å². The minimum Gasteiger partial charge on any atom is -0.369 e. The molecule has 24 nitrogen and oxygen atoms in total. The largest absolute Gasteiger partial charge is 0.490 e. The maximum atomic E-state index is 12.1. The van der Waals surface area contributed by atoms with Gasteiger partial charge in [-0.1, -0.05) is 0 Å². The van der Waals surface area contributed by atoms with E-state index in [9.17, 15) is 42.3 Å². The van der Waals surface area contributed by atoms with Crippen LogP contribution >= 0.6 is 39.1 Å². The van der Waals surface area contributed by atoms with Gasteiger partial charge < -0.3 is 44.7 Å². The number of fused-ring (bicyclic) bond motifs is 1. The Kier molecular flexibility index (Phi) is 9.29. The molecule has 1 saturated heterocycles. The zero-order valence-corrected chi connectivity index (χ0v) is 22.9. The summed E-state index contributed by atoms with van der Waals surface area (Å²) < 4.78 is 83.9. The number of aromatic nitrogens is 4.